The average molecular weight is 432 g/mol. The smallest absolute Gasteiger partial charge is 0.317 e. The van der Waals surface area contributed by atoms with Gasteiger partial charge < -0.3 is 15.1 Å². The van der Waals surface area contributed by atoms with Crippen molar-refractivity contribution in [2.75, 3.05) is 19.6 Å². The van der Waals surface area contributed by atoms with E-state index in [4.69, 9.17) is 0 Å². The molecule has 3 amide bonds. The van der Waals surface area contributed by atoms with Gasteiger partial charge in [0, 0.05) is 25.7 Å². The monoisotopic (exact) mass is 431 g/mol. The molecule has 3 aliphatic heterocycles. The summed E-state index contributed by atoms with van der Waals surface area (Å²) in [6.07, 6.45) is 5.42. The van der Waals surface area contributed by atoms with E-state index in [9.17, 15) is 9.59 Å². The van der Waals surface area contributed by atoms with Gasteiger partial charge in [-0.1, -0.05) is 55.5 Å². The minimum Gasteiger partial charge on any atom is -0.338 e. The molecule has 0 radical (unpaired) electrons. The molecule has 0 bridgehead atoms. The van der Waals surface area contributed by atoms with Crippen LogP contribution >= 0.6 is 0 Å². The first kappa shape index (κ1) is 21.0. The SMILES string of the molecule is CCc1ccc2c(c1)CCN1C(=O)[C@@H]3CCCN(C(=O)NCCc4ccccc4)[C@@H]3C[C@H]21. The van der Waals surface area contributed by atoms with Gasteiger partial charge in [0.1, 0.15) is 0 Å². The van der Waals surface area contributed by atoms with Crippen LogP contribution in [0.15, 0.2) is 48.5 Å². The quantitative estimate of drug-likeness (QED) is 0.792. The molecule has 3 atom stereocenters. The number of urea groups is 1. The number of nitrogens with one attached hydrogen (secondary N) is 1. The van der Waals surface area contributed by atoms with Crippen LogP contribution in [-0.2, 0) is 24.1 Å². The van der Waals surface area contributed by atoms with Crippen LogP contribution in [-0.4, -0.2) is 47.4 Å². The Morgan fingerprint density at radius 2 is 1.94 bits per heavy atom. The molecule has 168 valence electrons. The fraction of sp³-hybridized carbons (Fsp3) is 0.481. The highest BCUT2D eigenvalue weighted by Gasteiger charge is 2.48. The molecule has 0 unspecified atom stereocenters. The number of rotatable bonds is 4. The molecule has 5 heteroatoms. The minimum atomic E-state index is -0.0589. The molecule has 3 aliphatic rings. The molecule has 0 aromatic heterocycles. The van der Waals surface area contributed by atoms with Crippen molar-refractivity contribution < 1.29 is 9.59 Å². The number of likely N-dealkylation sites (tertiary alicyclic amines) is 1. The van der Waals surface area contributed by atoms with E-state index in [0.29, 0.717) is 6.54 Å². The molecule has 2 saturated heterocycles. The van der Waals surface area contributed by atoms with Crippen molar-refractivity contribution in [2.45, 2.75) is 57.5 Å². The number of fused-ring (bicyclic) bond motifs is 4. The number of benzene rings is 2. The van der Waals surface area contributed by atoms with Gasteiger partial charge in [0.05, 0.1) is 12.0 Å². The number of carbonyl (C=O) groups is 2. The molecule has 5 rings (SSSR count). The predicted octanol–water partition coefficient (Wildman–Crippen LogP) is 4.11. The highest BCUT2D eigenvalue weighted by Crippen LogP contribution is 2.43. The fourth-order valence-corrected chi connectivity index (χ4v) is 5.89. The maximum Gasteiger partial charge on any atom is 0.317 e. The zero-order chi connectivity index (χ0) is 22.1. The van der Waals surface area contributed by atoms with Crippen molar-refractivity contribution in [1.29, 1.82) is 0 Å². The molecule has 2 aromatic rings. The third-order valence-electron chi connectivity index (χ3n) is 7.61. The molecule has 2 aromatic carbocycles. The lowest BCUT2D eigenvalue weighted by atomic mass is 9.76. The second-order valence-corrected chi connectivity index (χ2v) is 9.40. The lowest BCUT2D eigenvalue weighted by molar-refractivity contribution is -0.148. The minimum absolute atomic E-state index is 0.00831. The number of amides is 3. The predicted molar refractivity (Wildman–Crippen MR) is 125 cm³/mol. The van der Waals surface area contributed by atoms with Crippen LogP contribution in [0.5, 0.6) is 0 Å². The van der Waals surface area contributed by atoms with Gasteiger partial charge in [-0.05, 0) is 60.8 Å². The van der Waals surface area contributed by atoms with Crippen LogP contribution in [0.1, 0.15) is 54.5 Å². The highest BCUT2D eigenvalue weighted by atomic mass is 16.2. The Bertz CT molecular complexity index is 990. The van der Waals surface area contributed by atoms with Gasteiger partial charge in [-0.2, -0.15) is 0 Å². The first-order valence-corrected chi connectivity index (χ1v) is 12.2. The van der Waals surface area contributed by atoms with Crippen molar-refractivity contribution in [3.05, 3.63) is 70.8 Å². The molecule has 0 saturated carbocycles. The Labute approximate surface area is 190 Å². The summed E-state index contributed by atoms with van der Waals surface area (Å²) in [7, 11) is 0. The van der Waals surface area contributed by atoms with Crippen molar-refractivity contribution in [2.24, 2.45) is 5.92 Å². The van der Waals surface area contributed by atoms with Crippen molar-refractivity contribution in [1.82, 2.24) is 15.1 Å². The summed E-state index contributed by atoms with van der Waals surface area (Å²) in [6, 6.07) is 17.0. The van der Waals surface area contributed by atoms with Crippen LogP contribution in [0, 0.1) is 5.92 Å². The fourth-order valence-electron chi connectivity index (χ4n) is 5.89. The lowest BCUT2D eigenvalue weighted by Crippen LogP contribution is -2.61. The van der Waals surface area contributed by atoms with E-state index < -0.39 is 0 Å². The van der Waals surface area contributed by atoms with Gasteiger partial charge in [-0.15, -0.1) is 0 Å². The Balaban J connectivity index is 1.32. The highest BCUT2D eigenvalue weighted by molar-refractivity contribution is 5.83. The van der Waals surface area contributed by atoms with E-state index in [-0.39, 0.29) is 29.9 Å². The number of aryl methyl sites for hydroxylation is 1. The van der Waals surface area contributed by atoms with E-state index in [1.165, 1.54) is 22.3 Å². The Hall–Kier alpha value is -2.82. The standard InChI is InChI=1S/C27H33N3O2/c1-2-19-10-11-22-21(17-19)13-16-29-24(22)18-25-23(26(29)31)9-6-15-30(25)27(32)28-14-12-20-7-4-3-5-8-20/h3-5,7-8,10-11,17,23-25H,2,6,9,12-16,18H2,1H3,(H,28,32)/t23-,24-,25-/m1/s1. The van der Waals surface area contributed by atoms with Gasteiger partial charge in [0.2, 0.25) is 5.91 Å². The van der Waals surface area contributed by atoms with Crippen LogP contribution in [0.2, 0.25) is 0 Å². The van der Waals surface area contributed by atoms with Gasteiger partial charge >= 0.3 is 6.03 Å². The Morgan fingerprint density at radius 1 is 1.09 bits per heavy atom. The number of piperidine rings is 2. The zero-order valence-electron chi connectivity index (χ0n) is 18.9. The van der Waals surface area contributed by atoms with Crippen LogP contribution in [0.4, 0.5) is 4.79 Å². The van der Waals surface area contributed by atoms with Gasteiger partial charge in [-0.25, -0.2) is 4.79 Å². The second kappa shape index (κ2) is 8.97. The third-order valence-corrected chi connectivity index (χ3v) is 7.61. The Kier molecular flexibility index (Phi) is 5.90. The summed E-state index contributed by atoms with van der Waals surface area (Å²) in [6.45, 7) is 4.33. The zero-order valence-corrected chi connectivity index (χ0v) is 18.9. The lowest BCUT2D eigenvalue weighted by Gasteiger charge is -2.51. The first-order valence-electron chi connectivity index (χ1n) is 12.2. The summed E-state index contributed by atoms with van der Waals surface area (Å²) in [4.78, 5) is 30.7. The van der Waals surface area contributed by atoms with E-state index in [1.54, 1.807) is 0 Å². The molecule has 2 fully saturated rings. The molecule has 3 heterocycles. The van der Waals surface area contributed by atoms with E-state index >= 15 is 0 Å². The van der Waals surface area contributed by atoms with Crippen molar-refractivity contribution >= 4 is 11.9 Å². The van der Waals surface area contributed by atoms with Gasteiger partial charge in [-0.3, -0.25) is 4.79 Å². The molecule has 1 N–H and O–H groups in total. The maximum atomic E-state index is 13.5. The number of nitrogens with zero attached hydrogens (tertiary/aromatic N) is 2. The molecule has 5 nitrogen and oxygen atoms in total. The topological polar surface area (TPSA) is 52.7 Å². The van der Waals surface area contributed by atoms with Crippen LogP contribution in [0.25, 0.3) is 0 Å². The summed E-state index contributed by atoms with van der Waals surface area (Å²) in [5.74, 6) is 0.189. The normalized spacial score (nSPS) is 24.4. The molecule has 32 heavy (non-hydrogen) atoms. The average Bonchev–Trinajstić information content (AvgIpc) is 2.84. The number of carbonyl (C=O) groups excluding carboxylic acids is 2. The molecule has 0 aliphatic carbocycles. The third kappa shape index (κ3) is 3.89. The molecular weight excluding hydrogens is 398 g/mol. The van der Waals surface area contributed by atoms with Gasteiger partial charge in [0.15, 0.2) is 0 Å². The molecule has 0 spiro atoms. The summed E-state index contributed by atoms with van der Waals surface area (Å²) >= 11 is 0. The first-order chi connectivity index (χ1) is 15.7. The van der Waals surface area contributed by atoms with Crippen molar-refractivity contribution in [3.63, 3.8) is 0 Å². The van der Waals surface area contributed by atoms with Crippen LogP contribution in [0.3, 0.4) is 0 Å². The largest absolute Gasteiger partial charge is 0.338 e. The second-order valence-electron chi connectivity index (χ2n) is 9.40. The summed E-state index contributed by atoms with van der Waals surface area (Å²) in [5.41, 5.74) is 5.24. The Morgan fingerprint density at radius 3 is 2.75 bits per heavy atom. The van der Waals surface area contributed by atoms with Crippen LogP contribution < -0.4 is 5.32 Å². The van der Waals surface area contributed by atoms with E-state index in [0.717, 1.165) is 51.6 Å². The van der Waals surface area contributed by atoms with E-state index in [2.05, 4.69) is 47.5 Å². The summed E-state index contributed by atoms with van der Waals surface area (Å²) in [5, 5.41) is 3.12. The number of hydrogen-bond acceptors (Lipinski definition) is 2. The number of hydrogen-bond donors (Lipinski definition) is 1. The molecular formula is C27H33N3O2. The summed E-state index contributed by atoms with van der Waals surface area (Å²) < 4.78 is 0. The van der Waals surface area contributed by atoms with Crippen molar-refractivity contribution in [3.8, 4) is 0 Å². The maximum absolute atomic E-state index is 13.5. The van der Waals surface area contributed by atoms with E-state index in [1.807, 2.05) is 23.1 Å². The van der Waals surface area contributed by atoms with Gasteiger partial charge in [0.25, 0.3) is 0 Å².